The third kappa shape index (κ3) is 3.51. The Labute approximate surface area is 120 Å². The lowest BCUT2D eigenvalue weighted by atomic mass is 10.1. The van der Waals surface area contributed by atoms with Crippen molar-refractivity contribution in [3.05, 3.63) is 53.0 Å². The molecule has 0 spiro atoms. The summed E-state index contributed by atoms with van der Waals surface area (Å²) in [6.07, 6.45) is 0. The molecule has 21 heavy (non-hydrogen) atoms. The fraction of sp³-hybridized carbons (Fsp3) is 0.143. The molecule has 0 saturated heterocycles. The minimum atomic E-state index is -0.577. The van der Waals surface area contributed by atoms with Crippen LogP contribution in [0.4, 0.5) is 10.2 Å². The van der Waals surface area contributed by atoms with Gasteiger partial charge in [-0.05, 0) is 24.3 Å². The van der Waals surface area contributed by atoms with Gasteiger partial charge in [-0.15, -0.1) is 10.2 Å². The van der Waals surface area contributed by atoms with Crippen LogP contribution in [-0.2, 0) is 11.3 Å². The Morgan fingerprint density at radius 3 is 2.76 bits per heavy atom. The summed E-state index contributed by atoms with van der Waals surface area (Å²) in [5.41, 5.74) is 0.749. The van der Waals surface area contributed by atoms with Crippen LogP contribution in [0.2, 0.25) is 0 Å². The smallest absolute Gasteiger partial charge is 0.358 e. The van der Waals surface area contributed by atoms with Crippen LogP contribution in [0.1, 0.15) is 21.6 Å². The van der Waals surface area contributed by atoms with Crippen molar-refractivity contribution in [3.63, 3.8) is 0 Å². The first-order chi connectivity index (χ1) is 10.1. The normalized spacial score (nSPS) is 9.76. The zero-order chi connectivity index (χ0) is 15.2. The predicted molar refractivity (Wildman–Crippen MR) is 71.8 cm³/mol. The molecule has 0 unspecified atom stereocenters. The standard InChI is InChI=1S/C14H11FN4O2/c1-21-14(20)12-4-5-13(19-18-12)17-8-10-3-2-9(7-16)6-11(10)15/h2-6H,8H2,1H3,(H,17,19). The van der Waals surface area contributed by atoms with Gasteiger partial charge in [0.15, 0.2) is 5.69 Å². The topological polar surface area (TPSA) is 87.9 Å². The number of hydrogen-bond acceptors (Lipinski definition) is 6. The third-order valence-electron chi connectivity index (χ3n) is 2.70. The first-order valence-electron chi connectivity index (χ1n) is 5.98. The maximum absolute atomic E-state index is 13.7. The molecule has 2 aromatic rings. The van der Waals surface area contributed by atoms with Gasteiger partial charge in [0.25, 0.3) is 0 Å². The van der Waals surface area contributed by atoms with Crippen molar-refractivity contribution in [2.24, 2.45) is 0 Å². The molecule has 2 rings (SSSR count). The molecule has 1 N–H and O–H groups in total. The number of nitrogens with zero attached hydrogens (tertiary/aromatic N) is 3. The molecule has 0 amide bonds. The number of aromatic nitrogens is 2. The fourth-order valence-corrected chi connectivity index (χ4v) is 1.59. The molecule has 0 aliphatic carbocycles. The molecule has 1 aromatic heterocycles. The first-order valence-corrected chi connectivity index (χ1v) is 5.98. The minimum Gasteiger partial charge on any atom is -0.464 e. The van der Waals surface area contributed by atoms with E-state index in [1.54, 1.807) is 6.07 Å². The maximum atomic E-state index is 13.7. The van der Waals surface area contributed by atoms with Gasteiger partial charge in [-0.2, -0.15) is 5.26 Å². The Kier molecular flexibility index (Phi) is 4.41. The van der Waals surface area contributed by atoms with Gasteiger partial charge in [-0.1, -0.05) is 6.07 Å². The van der Waals surface area contributed by atoms with Gasteiger partial charge < -0.3 is 10.1 Å². The quantitative estimate of drug-likeness (QED) is 0.863. The molecule has 0 radical (unpaired) electrons. The molecule has 6 nitrogen and oxygen atoms in total. The van der Waals surface area contributed by atoms with Gasteiger partial charge >= 0.3 is 5.97 Å². The van der Waals surface area contributed by atoms with Crippen molar-refractivity contribution >= 4 is 11.8 Å². The lowest BCUT2D eigenvalue weighted by molar-refractivity contribution is 0.0593. The largest absolute Gasteiger partial charge is 0.464 e. The van der Waals surface area contributed by atoms with Crippen molar-refractivity contribution in [2.75, 3.05) is 12.4 Å². The van der Waals surface area contributed by atoms with Crippen LogP contribution in [0.25, 0.3) is 0 Å². The van der Waals surface area contributed by atoms with Gasteiger partial charge in [-0.25, -0.2) is 9.18 Å². The second-order valence-corrected chi connectivity index (χ2v) is 4.07. The van der Waals surface area contributed by atoms with Gasteiger partial charge in [0, 0.05) is 12.1 Å². The van der Waals surface area contributed by atoms with E-state index in [1.165, 1.54) is 31.4 Å². The number of halogens is 1. The number of carbonyl (C=O) groups is 1. The van der Waals surface area contributed by atoms with E-state index < -0.39 is 11.8 Å². The van der Waals surface area contributed by atoms with Gasteiger partial charge in [0.1, 0.15) is 11.6 Å². The number of anilines is 1. The Balaban J connectivity index is 2.03. The summed E-state index contributed by atoms with van der Waals surface area (Å²) in [5.74, 6) is -0.653. The average molecular weight is 286 g/mol. The molecule has 106 valence electrons. The van der Waals surface area contributed by atoms with E-state index >= 15 is 0 Å². The molecule has 0 aliphatic heterocycles. The number of benzene rings is 1. The van der Waals surface area contributed by atoms with Crippen molar-refractivity contribution in [2.45, 2.75) is 6.54 Å². The Bertz CT molecular complexity index is 695. The monoisotopic (exact) mass is 286 g/mol. The molecule has 1 aromatic carbocycles. The van der Waals surface area contributed by atoms with E-state index in [0.717, 1.165) is 0 Å². The second kappa shape index (κ2) is 6.43. The number of nitrogens with one attached hydrogen (secondary N) is 1. The Morgan fingerprint density at radius 2 is 2.19 bits per heavy atom. The molecular formula is C14H11FN4O2. The number of carbonyl (C=O) groups excluding carboxylic acids is 1. The second-order valence-electron chi connectivity index (χ2n) is 4.07. The van der Waals surface area contributed by atoms with E-state index in [1.807, 2.05) is 6.07 Å². The lowest BCUT2D eigenvalue weighted by Gasteiger charge is -2.06. The zero-order valence-electron chi connectivity index (χ0n) is 11.1. The highest BCUT2D eigenvalue weighted by Gasteiger charge is 2.08. The average Bonchev–Trinajstić information content (AvgIpc) is 2.53. The molecule has 0 saturated carbocycles. The van der Waals surface area contributed by atoms with Gasteiger partial charge in [0.05, 0.1) is 18.7 Å². The van der Waals surface area contributed by atoms with E-state index in [2.05, 4.69) is 20.3 Å². The number of esters is 1. The van der Waals surface area contributed by atoms with Crippen molar-refractivity contribution < 1.29 is 13.9 Å². The number of nitriles is 1. The first kappa shape index (κ1) is 14.4. The molecular weight excluding hydrogens is 275 g/mol. The predicted octanol–water partition coefficient (Wildman–Crippen LogP) is 1.89. The highest BCUT2D eigenvalue weighted by molar-refractivity contribution is 5.86. The van der Waals surface area contributed by atoms with Crippen molar-refractivity contribution in [1.82, 2.24) is 10.2 Å². The summed E-state index contributed by atoms with van der Waals surface area (Å²) < 4.78 is 18.2. The molecule has 0 fully saturated rings. The maximum Gasteiger partial charge on any atom is 0.358 e. The third-order valence-corrected chi connectivity index (χ3v) is 2.70. The fourth-order valence-electron chi connectivity index (χ4n) is 1.59. The Morgan fingerprint density at radius 1 is 1.38 bits per heavy atom. The highest BCUT2D eigenvalue weighted by atomic mass is 19.1. The van der Waals surface area contributed by atoms with Crippen LogP contribution in [0.3, 0.4) is 0 Å². The van der Waals surface area contributed by atoms with Gasteiger partial charge in [-0.3, -0.25) is 0 Å². The van der Waals surface area contributed by atoms with Crippen LogP contribution in [-0.4, -0.2) is 23.3 Å². The molecule has 1 heterocycles. The van der Waals surface area contributed by atoms with Crippen molar-refractivity contribution in [3.8, 4) is 6.07 Å². The Hall–Kier alpha value is -3.01. The zero-order valence-corrected chi connectivity index (χ0v) is 11.1. The van der Waals surface area contributed by atoms with Gasteiger partial charge in [0.2, 0.25) is 0 Å². The van der Waals surface area contributed by atoms with Crippen LogP contribution in [0.5, 0.6) is 0 Å². The number of ether oxygens (including phenoxy) is 1. The van der Waals surface area contributed by atoms with E-state index in [0.29, 0.717) is 11.4 Å². The molecule has 0 bridgehead atoms. The number of hydrogen-bond donors (Lipinski definition) is 1. The summed E-state index contributed by atoms with van der Waals surface area (Å²) in [6, 6.07) is 9.09. The molecule has 0 atom stereocenters. The van der Waals surface area contributed by atoms with Crippen LogP contribution in [0, 0.1) is 17.1 Å². The summed E-state index contributed by atoms with van der Waals surface area (Å²) >= 11 is 0. The molecule has 7 heteroatoms. The summed E-state index contributed by atoms with van der Waals surface area (Å²) in [7, 11) is 1.25. The van der Waals surface area contributed by atoms with E-state index in [9.17, 15) is 9.18 Å². The van der Waals surface area contributed by atoms with Crippen molar-refractivity contribution in [1.29, 1.82) is 5.26 Å². The van der Waals surface area contributed by atoms with E-state index in [4.69, 9.17) is 5.26 Å². The summed E-state index contributed by atoms with van der Waals surface area (Å²) in [6.45, 7) is 0.184. The minimum absolute atomic E-state index is 0.0904. The van der Waals surface area contributed by atoms with Crippen LogP contribution in [0.15, 0.2) is 30.3 Å². The highest BCUT2D eigenvalue weighted by Crippen LogP contribution is 2.12. The number of methoxy groups -OCH3 is 1. The summed E-state index contributed by atoms with van der Waals surface area (Å²) in [4.78, 5) is 11.2. The van der Waals surface area contributed by atoms with E-state index in [-0.39, 0.29) is 17.8 Å². The number of rotatable bonds is 4. The van der Waals surface area contributed by atoms with Crippen LogP contribution < -0.4 is 5.32 Å². The van der Waals surface area contributed by atoms with Crippen LogP contribution >= 0.6 is 0 Å². The lowest BCUT2D eigenvalue weighted by Crippen LogP contribution is -2.08. The molecule has 0 aliphatic rings. The summed E-state index contributed by atoms with van der Waals surface area (Å²) in [5, 5.41) is 19.0. The SMILES string of the molecule is COC(=O)c1ccc(NCc2ccc(C#N)cc2F)nn1.